The van der Waals surface area contributed by atoms with Crippen molar-refractivity contribution in [3.63, 3.8) is 0 Å². The molecule has 0 aliphatic rings. The number of aryl methyl sites for hydroxylation is 2. The lowest BCUT2D eigenvalue weighted by molar-refractivity contribution is 0.405. The monoisotopic (exact) mass is 361 g/mol. The minimum Gasteiger partial charge on any atom is -0.497 e. The van der Waals surface area contributed by atoms with Gasteiger partial charge in [-0.3, -0.25) is 4.79 Å². The van der Waals surface area contributed by atoms with Crippen LogP contribution in [-0.4, -0.2) is 22.0 Å². The van der Waals surface area contributed by atoms with Gasteiger partial charge < -0.3 is 9.26 Å². The molecule has 0 unspecified atom stereocenters. The molecule has 0 bridgehead atoms. The Balaban J connectivity index is 1.90. The van der Waals surface area contributed by atoms with Crippen molar-refractivity contribution in [1.82, 2.24) is 14.9 Å². The highest BCUT2D eigenvalue weighted by Gasteiger charge is 2.19. The number of rotatable bonds is 4. The maximum Gasteiger partial charge on any atom is 0.297 e. The molecule has 2 aromatic carbocycles. The van der Waals surface area contributed by atoms with E-state index in [9.17, 15) is 4.79 Å². The second kappa shape index (κ2) is 6.72. The molecule has 136 valence electrons. The van der Waals surface area contributed by atoms with Crippen LogP contribution in [0.15, 0.2) is 57.8 Å². The predicted molar refractivity (Wildman–Crippen MR) is 103 cm³/mol. The first-order chi connectivity index (χ1) is 13.1. The molecule has 0 aliphatic carbocycles. The Morgan fingerprint density at radius 1 is 1.11 bits per heavy atom. The van der Waals surface area contributed by atoms with E-state index in [4.69, 9.17) is 9.26 Å². The Labute approximate surface area is 156 Å². The molecule has 6 heteroatoms. The molecular weight excluding hydrogens is 342 g/mol. The van der Waals surface area contributed by atoms with Crippen LogP contribution in [0.5, 0.6) is 5.75 Å². The van der Waals surface area contributed by atoms with Gasteiger partial charge in [0.25, 0.3) is 5.56 Å². The van der Waals surface area contributed by atoms with Gasteiger partial charge in [-0.05, 0) is 43.7 Å². The van der Waals surface area contributed by atoms with E-state index in [1.54, 1.807) is 14.0 Å². The first kappa shape index (κ1) is 17.0. The normalized spacial score (nSPS) is 11.1. The van der Waals surface area contributed by atoms with Gasteiger partial charge in [-0.2, -0.15) is 5.10 Å². The highest BCUT2D eigenvalue weighted by atomic mass is 16.5. The zero-order chi connectivity index (χ0) is 19.0. The van der Waals surface area contributed by atoms with Crippen LogP contribution < -0.4 is 10.3 Å². The van der Waals surface area contributed by atoms with Gasteiger partial charge in [0.05, 0.1) is 19.0 Å². The van der Waals surface area contributed by atoms with Crippen molar-refractivity contribution in [2.45, 2.75) is 20.4 Å². The van der Waals surface area contributed by atoms with E-state index in [0.29, 0.717) is 28.9 Å². The molecule has 4 rings (SSSR count). The maximum atomic E-state index is 12.9. The van der Waals surface area contributed by atoms with Crippen LogP contribution in [0.25, 0.3) is 22.2 Å². The minimum absolute atomic E-state index is 0.263. The van der Waals surface area contributed by atoms with Gasteiger partial charge in [0.15, 0.2) is 5.52 Å². The number of benzene rings is 2. The molecule has 0 saturated heterocycles. The van der Waals surface area contributed by atoms with E-state index >= 15 is 0 Å². The number of methoxy groups -OCH3 is 1. The largest absolute Gasteiger partial charge is 0.497 e. The quantitative estimate of drug-likeness (QED) is 0.554. The lowest BCUT2D eigenvalue weighted by atomic mass is 10.1. The fraction of sp³-hybridized carbons (Fsp3) is 0.190. The van der Waals surface area contributed by atoms with Gasteiger partial charge in [0.1, 0.15) is 17.2 Å². The van der Waals surface area contributed by atoms with Crippen LogP contribution in [0.1, 0.15) is 16.9 Å². The standard InChI is InChI=1S/C21H19N3O3/c1-13-5-4-6-15(11-13)12-24-21(25)20-18(14(2)27-23-20)19(22-24)16-7-9-17(26-3)10-8-16/h4-11H,12H2,1-3H3. The Hall–Kier alpha value is -3.41. The van der Waals surface area contributed by atoms with Crippen LogP contribution >= 0.6 is 0 Å². The molecule has 0 saturated carbocycles. The average Bonchev–Trinajstić information content (AvgIpc) is 3.06. The van der Waals surface area contributed by atoms with E-state index in [-0.39, 0.29) is 5.56 Å². The Bertz CT molecular complexity index is 1170. The highest BCUT2D eigenvalue weighted by molar-refractivity contribution is 5.93. The van der Waals surface area contributed by atoms with Crippen molar-refractivity contribution in [2.24, 2.45) is 0 Å². The molecule has 0 fully saturated rings. The summed E-state index contributed by atoms with van der Waals surface area (Å²) >= 11 is 0. The van der Waals surface area contributed by atoms with E-state index < -0.39 is 0 Å². The van der Waals surface area contributed by atoms with Crippen LogP contribution in [0, 0.1) is 13.8 Å². The number of hydrogen-bond donors (Lipinski definition) is 0. The Morgan fingerprint density at radius 2 is 1.89 bits per heavy atom. The average molecular weight is 361 g/mol. The summed E-state index contributed by atoms with van der Waals surface area (Å²) in [5.41, 5.74) is 3.70. The van der Waals surface area contributed by atoms with Crippen LogP contribution in [-0.2, 0) is 6.54 Å². The Morgan fingerprint density at radius 3 is 2.59 bits per heavy atom. The van der Waals surface area contributed by atoms with Gasteiger partial charge in [-0.1, -0.05) is 35.0 Å². The zero-order valence-corrected chi connectivity index (χ0v) is 15.4. The van der Waals surface area contributed by atoms with Gasteiger partial charge in [-0.15, -0.1) is 0 Å². The zero-order valence-electron chi connectivity index (χ0n) is 15.4. The van der Waals surface area contributed by atoms with E-state index in [1.165, 1.54) is 4.68 Å². The van der Waals surface area contributed by atoms with E-state index in [2.05, 4.69) is 10.3 Å². The SMILES string of the molecule is COc1ccc(-c2nn(Cc3cccc(C)c3)c(=O)c3noc(C)c23)cc1. The summed E-state index contributed by atoms with van der Waals surface area (Å²) in [6.07, 6.45) is 0. The molecule has 27 heavy (non-hydrogen) atoms. The summed E-state index contributed by atoms with van der Waals surface area (Å²) in [5, 5.41) is 9.28. The molecule has 2 aromatic heterocycles. The molecule has 0 radical (unpaired) electrons. The molecule has 6 nitrogen and oxygen atoms in total. The summed E-state index contributed by atoms with van der Waals surface area (Å²) in [4.78, 5) is 12.9. The van der Waals surface area contributed by atoms with Crippen molar-refractivity contribution < 1.29 is 9.26 Å². The second-order valence-electron chi connectivity index (χ2n) is 6.49. The third-order valence-corrected chi connectivity index (χ3v) is 4.54. The lowest BCUT2D eigenvalue weighted by Gasteiger charge is -2.10. The fourth-order valence-electron chi connectivity index (χ4n) is 3.18. The van der Waals surface area contributed by atoms with Gasteiger partial charge in [0.2, 0.25) is 0 Å². The number of ether oxygens (including phenoxy) is 1. The molecule has 4 aromatic rings. The molecule has 2 heterocycles. The third kappa shape index (κ3) is 3.10. The third-order valence-electron chi connectivity index (χ3n) is 4.54. The number of fused-ring (bicyclic) bond motifs is 1. The van der Waals surface area contributed by atoms with Crippen molar-refractivity contribution in [1.29, 1.82) is 0 Å². The van der Waals surface area contributed by atoms with Gasteiger partial charge in [0, 0.05) is 5.56 Å². The fourth-order valence-corrected chi connectivity index (χ4v) is 3.18. The van der Waals surface area contributed by atoms with Gasteiger partial charge in [-0.25, -0.2) is 4.68 Å². The minimum atomic E-state index is -0.263. The van der Waals surface area contributed by atoms with E-state index in [0.717, 1.165) is 22.4 Å². The molecule has 0 aliphatic heterocycles. The summed E-state index contributed by atoms with van der Waals surface area (Å²) in [6, 6.07) is 15.6. The summed E-state index contributed by atoms with van der Waals surface area (Å²) in [5.74, 6) is 1.33. The van der Waals surface area contributed by atoms with Crippen molar-refractivity contribution in [3.8, 4) is 17.0 Å². The molecular formula is C21H19N3O3. The summed E-state index contributed by atoms with van der Waals surface area (Å²) in [7, 11) is 1.62. The highest BCUT2D eigenvalue weighted by Crippen LogP contribution is 2.28. The molecule has 0 atom stereocenters. The first-order valence-electron chi connectivity index (χ1n) is 8.64. The molecule has 0 spiro atoms. The maximum absolute atomic E-state index is 12.9. The number of nitrogens with zero attached hydrogens (tertiary/aromatic N) is 3. The lowest BCUT2D eigenvalue weighted by Crippen LogP contribution is -2.24. The van der Waals surface area contributed by atoms with Crippen molar-refractivity contribution >= 4 is 10.9 Å². The first-order valence-corrected chi connectivity index (χ1v) is 8.64. The number of hydrogen-bond acceptors (Lipinski definition) is 5. The molecule has 0 N–H and O–H groups in total. The number of aromatic nitrogens is 3. The smallest absolute Gasteiger partial charge is 0.297 e. The predicted octanol–water partition coefficient (Wildman–Crippen LogP) is 3.73. The topological polar surface area (TPSA) is 70.2 Å². The molecule has 0 amide bonds. The summed E-state index contributed by atoms with van der Waals surface area (Å²) in [6.45, 7) is 4.17. The van der Waals surface area contributed by atoms with Crippen LogP contribution in [0.4, 0.5) is 0 Å². The Kier molecular flexibility index (Phi) is 4.24. The van der Waals surface area contributed by atoms with Crippen molar-refractivity contribution in [2.75, 3.05) is 7.11 Å². The van der Waals surface area contributed by atoms with E-state index in [1.807, 2.05) is 55.5 Å². The summed E-state index contributed by atoms with van der Waals surface area (Å²) < 4.78 is 12.0. The van der Waals surface area contributed by atoms with Gasteiger partial charge >= 0.3 is 0 Å². The second-order valence-corrected chi connectivity index (χ2v) is 6.49. The van der Waals surface area contributed by atoms with Crippen LogP contribution in [0.2, 0.25) is 0 Å². The van der Waals surface area contributed by atoms with Crippen LogP contribution in [0.3, 0.4) is 0 Å². The van der Waals surface area contributed by atoms with Crippen molar-refractivity contribution in [3.05, 3.63) is 75.8 Å².